The fourth-order valence-corrected chi connectivity index (χ4v) is 5.09. The molecule has 8 nitrogen and oxygen atoms in total. The molecule has 182 valence electrons. The third-order valence-corrected chi connectivity index (χ3v) is 7.40. The highest BCUT2D eigenvalue weighted by atomic mass is 79.9. The molecule has 0 atom stereocenters. The monoisotopic (exact) mass is 529 g/mol. The van der Waals surface area contributed by atoms with Crippen molar-refractivity contribution < 1.29 is 14.3 Å². The Morgan fingerprint density at radius 3 is 2.44 bits per heavy atom. The van der Waals surface area contributed by atoms with Crippen LogP contribution in [0.25, 0.3) is 0 Å². The number of methoxy groups -OCH3 is 1. The minimum Gasteiger partial charge on any atom is -0.480 e. The van der Waals surface area contributed by atoms with E-state index >= 15 is 0 Å². The zero-order chi connectivity index (χ0) is 24.1. The summed E-state index contributed by atoms with van der Waals surface area (Å²) in [7, 11) is 1.48. The maximum atomic E-state index is 12.8. The van der Waals surface area contributed by atoms with Gasteiger partial charge < -0.3 is 25.6 Å². The number of ether oxygens (including phenoxy) is 1. The number of pyridine rings is 1. The Hall–Kier alpha value is -2.65. The zero-order valence-electron chi connectivity index (χ0n) is 19.5. The predicted molar refractivity (Wildman–Crippen MR) is 135 cm³/mol. The molecule has 2 fully saturated rings. The van der Waals surface area contributed by atoms with Crippen LogP contribution in [0.5, 0.6) is 5.88 Å². The van der Waals surface area contributed by atoms with E-state index < -0.39 is 0 Å². The van der Waals surface area contributed by atoms with Gasteiger partial charge in [-0.15, -0.1) is 0 Å². The maximum Gasteiger partial charge on any atom is 0.257 e. The SMILES string of the molecule is COc1nc(N)c(Br)cc1C(=O)NC1CCN(CC2CCN(C(=O)c3ccccc3)CC2)CC1. The summed E-state index contributed by atoms with van der Waals surface area (Å²) in [5.74, 6) is 1.06. The highest BCUT2D eigenvalue weighted by Crippen LogP contribution is 2.26. The number of hydrogen-bond donors (Lipinski definition) is 2. The quantitative estimate of drug-likeness (QED) is 0.595. The number of nitrogens with two attached hydrogens (primary N) is 1. The Balaban J connectivity index is 1.21. The number of piperidine rings is 2. The second-order valence-corrected chi connectivity index (χ2v) is 9.92. The Kier molecular flexibility index (Phi) is 8.05. The average molecular weight is 530 g/mol. The molecule has 0 saturated carbocycles. The zero-order valence-corrected chi connectivity index (χ0v) is 21.1. The third kappa shape index (κ3) is 5.88. The van der Waals surface area contributed by atoms with Crippen molar-refractivity contribution in [1.82, 2.24) is 20.1 Å². The molecular formula is C25H32BrN5O3. The van der Waals surface area contributed by atoms with Crippen LogP contribution in [0.2, 0.25) is 0 Å². The Morgan fingerprint density at radius 1 is 1.12 bits per heavy atom. The number of rotatable bonds is 6. The number of nitrogen functional groups attached to an aromatic ring is 1. The second kappa shape index (κ2) is 11.2. The summed E-state index contributed by atoms with van der Waals surface area (Å²) in [5.41, 5.74) is 6.94. The fraction of sp³-hybridized carbons (Fsp3) is 0.480. The van der Waals surface area contributed by atoms with Crippen molar-refractivity contribution in [3.8, 4) is 5.88 Å². The summed E-state index contributed by atoms with van der Waals surface area (Å²) in [5, 5.41) is 3.12. The van der Waals surface area contributed by atoms with Crippen LogP contribution >= 0.6 is 15.9 Å². The number of aromatic nitrogens is 1. The normalized spacial score (nSPS) is 18.0. The molecule has 4 rings (SSSR count). The number of halogens is 1. The molecule has 2 aliphatic heterocycles. The van der Waals surface area contributed by atoms with E-state index in [9.17, 15) is 9.59 Å². The van der Waals surface area contributed by atoms with E-state index in [4.69, 9.17) is 10.5 Å². The lowest BCUT2D eigenvalue weighted by molar-refractivity contribution is 0.0651. The molecule has 0 radical (unpaired) electrons. The Bertz CT molecular complexity index is 1000. The van der Waals surface area contributed by atoms with Gasteiger partial charge in [-0.2, -0.15) is 4.98 Å². The van der Waals surface area contributed by atoms with Crippen LogP contribution in [0.15, 0.2) is 40.9 Å². The van der Waals surface area contributed by atoms with Crippen molar-refractivity contribution in [2.45, 2.75) is 31.7 Å². The van der Waals surface area contributed by atoms with Gasteiger partial charge in [-0.25, -0.2) is 0 Å². The lowest BCUT2D eigenvalue weighted by atomic mass is 9.94. The average Bonchev–Trinajstić information content (AvgIpc) is 2.87. The van der Waals surface area contributed by atoms with E-state index in [1.807, 2.05) is 35.2 Å². The van der Waals surface area contributed by atoms with Crippen molar-refractivity contribution in [2.24, 2.45) is 5.92 Å². The number of hydrogen-bond acceptors (Lipinski definition) is 6. The number of likely N-dealkylation sites (tertiary alicyclic amines) is 2. The predicted octanol–water partition coefficient (Wildman–Crippen LogP) is 3.18. The number of carbonyl (C=O) groups excluding carboxylic acids is 2. The van der Waals surface area contributed by atoms with Crippen molar-refractivity contribution in [2.75, 3.05) is 45.6 Å². The number of anilines is 1. The van der Waals surface area contributed by atoms with Crippen LogP contribution in [0, 0.1) is 5.92 Å². The second-order valence-electron chi connectivity index (χ2n) is 9.06. The first-order valence-electron chi connectivity index (χ1n) is 11.8. The minimum absolute atomic E-state index is 0.120. The van der Waals surface area contributed by atoms with Gasteiger partial charge in [0.15, 0.2) is 0 Å². The highest BCUT2D eigenvalue weighted by Gasteiger charge is 2.28. The summed E-state index contributed by atoms with van der Waals surface area (Å²) in [4.78, 5) is 34.1. The molecule has 2 saturated heterocycles. The lowest BCUT2D eigenvalue weighted by Crippen LogP contribution is -2.47. The number of carbonyl (C=O) groups is 2. The molecule has 0 aliphatic carbocycles. The van der Waals surface area contributed by atoms with Crippen molar-refractivity contribution >= 4 is 33.6 Å². The van der Waals surface area contributed by atoms with Gasteiger partial charge in [-0.1, -0.05) is 18.2 Å². The fourth-order valence-electron chi connectivity index (χ4n) is 4.77. The summed E-state index contributed by atoms with van der Waals surface area (Å²) in [6, 6.07) is 11.3. The topological polar surface area (TPSA) is 101 Å². The van der Waals surface area contributed by atoms with Crippen molar-refractivity contribution in [1.29, 1.82) is 0 Å². The van der Waals surface area contributed by atoms with Crippen LogP contribution < -0.4 is 15.8 Å². The van der Waals surface area contributed by atoms with E-state index in [2.05, 4.69) is 31.1 Å². The Morgan fingerprint density at radius 2 is 1.79 bits per heavy atom. The number of nitrogens with zero attached hydrogens (tertiary/aromatic N) is 3. The smallest absolute Gasteiger partial charge is 0.257 e. The molecular weight excluding hydrogens is 498 g/mol. The van der Waals surface area contributed by atoms with E-state index in [1.165, 1.54) is 7.11 Å². The van der Waals surface area contributed by atoms with Crippen LogP contribution in [-0.4, -0.2) is 72.5 Å². The van der Waals surface area contributed by atoms with Gasteiger partial charge in [0.05, 0.1) is 11.6 Å². The van der Waals surface area contributed by atoms with E-state index in [0.29, 0.717) is 16.0 Å². The standard InChI is InChI=1S/C25H32BrN5O3/c1-34-24-20(15-21(26)22(27)29-24)23(32)28-19-9-11-30(12-10-19)16-17-7-13-31(14-8-17)25(33)18-5-3-2-4-6-18/h2-6,15,17,19H,7-14,16H2,1H3,(H2,27,29)(H,28,32). The molecule has 2 aliphatic rings. The third-order valence-electron chi connectivity index (χ3n) is 6.77. The van der Waals surface area contributed by atoms with Gasteiger partial charge in [0.25, 0.3) is 11.8 Å². The molecule has 1 aromatic heterocycles. The van der Waals surface area contributed by atoms with E-state index in [-0.39, 0.29) is 29.6 Å². The molecule has 3 heterocycles. The summed E-state index contributed by atoms with van der Waals surface area (Å²) in [6.45, 7) is 4.59. The van der Waals surface area contributed by atoms with Crippen LogP contribution in [0.1, 0.15) is 46.4 Å². The number of nitrogens with one attached hydrogen (secondary N) is 1. The minimum atomic E-state index is -0.195. The van der Waals surface area contributed by atoms with Crippen LogP contribution in [-0.2, 0) is 0 Å². The van der Waals surface area contributed by atoms with Gasteiger partial charge >= 0.3 is 0 Å². The van der Waals surface area contributed by atoms with Gasteiger partial charge in [0.2, 0.25) is 5.88 Å². The highest BCUT2D eigenvalue weighted by molar-refractivity contribution is 9.10. The van der Waals surface area contributed by atoms with Crippen LogP contribution in [0.4, 0.5) is 5.82 Å². The molecule has 0 bridgehead atoms. The summed E-state index contributed by atoms with van der Waals surface area (Å²) < 4.78 is 5.81. The Labute approximate surface area is 209 Å². The first kappa shape index (κ1) is 24.5. The molecule has 34 heavy (non-hydrogen) atoms. The molecule has 3 N–H and O–H groups in total. The number of benzene rings is 1. The molecule has 2 aromatic rings. The van der Waals surface area contributed by atoms with Gasteiger partial charge in [0, 0.05) is 44.3 Å². The van der Waals surface area contributed by atoms with Gasteiger partial charge in [-0.3, -0.25) is 9.59 Å². The molecule has 9 heteroatoms. The van der Waals surface area contributed by atoms with Gasteiger partial charge in [-0.05, 0) is 65.7 Å². The van der Waals surface area contributed by atoms with E-state index in [0.717, 1.165) is 64.0 Å². The van der Waals surface area contributed by atoms with E-state index in [1.54, 1.807) is 6.07 Å². The summed E-state index contributed by atoms with van der Waals surface area (Å²) >= 11 is 3.33. The first-order chi connectivity index (χ1) is 16.4. The molecule has 2 amide bonds. The summed E-state index contributed by atoms with van der Waals surface area (Å²) in [6.07, 6.45) is 3.88. The molecule has 1 aromatic carbocycles. The first-order valence-corrected chi connectivity index (χ1v) is 12.6. The van der Waals surface area contributed by atoms with Crippen LogP contribution in [0.3, 0.4) is 0 Å². The maximum absolute atomic E-state index is 12.8. The van der Waals surface area contributed by atoms with Crippen molar-refractivity contribution in [3.63, 3.8) is 0 Å². The number of amides is 2. The largest absolute Gasteiger partial charge is 0.480 e. The lowest BCUT2D eigenvalue weighted by Gasteiger charge is -2.38. The van der Waals surface area contributed by atoms with Gasteiger partial charge in [0.1, 0.15) is 11.4 Å². The molecule has 0 spiro atoms. The molecule has 0 unspecified atom stereocenters. The van der Waals surface area contributed by atoms with Crippen molar-refractivity contribution in [3.05, 3.63) is 52.0 Å².